The Balaban J connectivity index is 2.03. The molecular formula is C27H34FN3O5S. The summed E-state index contributed by atoms with van der Waals surface area (Å²) in [7, 11) is 1.32. The molecule has 0 aromatic heterocycles. The lowest BCUT2D eigenvalue weighted by Gasteiger charge is -2.37. The highest BCUT2D eigenvalue weighted by Gasteiger charge is 2.38. The molecule has 3 rings (SSSR count). The van der Waals surface area contributed by atoms with Crippen molar-refractivity contribution in [3.8, 4) is 17.6 Å². The fourth-order valence-electron chi connectivity index (χ4n) is 3.96. The third-order valence-corrected chi connectivity index (χ3v) is 8.21. The van der Waals surface area contributed by atoms with Crippen LogP contribution < -0.4 is 4.74 Å². The number of nitrogens with zero attached hydrogens (tertiary/aromatic N) is 3. The molecule has 0 aliphatic carbocycles. The van der Waals surface area contributed by atoms with Crippen molar-refractivity contribution in [1.29, 1.82) is 0 Å². The van der Waals surface area contributed by atoms with Gasteiger partial charge in [0.25, 0.3) is 0 Å². The fourth-order valence-corrected chi connectivity index (χ4v) is 5.79. The highest BCUT2D eigenvalue weighted by Crippen LogP contribution is 2.34. The first-order chi connectivity index (χ1) is 17.4. The van der Waals surface area contributed by atoms with Gasteiger partial charge in [-0.3, -0.25) is 4.79 Å². The number of carbonyl (C=O) groups is 1. The molecule has 0 bridgehead atoms. The summed E-state index contributed by atoms with van der Waals surface area (Å²) in [5.74, 6) is 5.31. The highest BCUT2D eigenvalue weighted by molar-refractivity contribution is 7.89. The molecule has 10 heteroatoms. The summed E-state index contributed by atoms with van der Waals surface area (Å²) in [5.41, 5.74) is 1.13. The van der Waals surface area contributed by atoms with Crippen molar-refractivity contribution in [2.24, 2.45) is 5.92 Å². The van der Waals surface area contributed by atoms with Crippen LogP contribution in [0.25, 0.3) is 0 Å². The molecule has 0 unspecified atom stereocenters. The van der Waals surface area contributed by atoms with Gasteiger partial charge in [0.1, 0.15) is 22.6 Å². The summed E-state index contributed by atoms with van der Waals surface area (Å²) in [6, 6.07) is 9.71. The lowest BCUT2D eigenvalue weighted by atomic mass is 10.0. The lowest BCUT2D eigenvalue weighted by molar-refractivity contribution is -0.132. The number of rotatable bonds is 6. The average molecular weight is 532 g/mol. The highest BCUT2D eigenvalue weighted by atomic mass is 32.2. The quantitative estimate of drug-likeness (QED) is 0.574. The Morgan fingerprint density at radius 3 is 2.41 bits per heavy atom. The number of likely N-dealkylation sites (N-methyl/N-ethyl adjacent to an activating group) is 2. The smallest absolute Gasteiger partial charge is 0.247 e. The number of carbonyl (C=O) groups excluding carboxylic acids is 1. The summed E-state index contributed by atoms with van der Waals surface area (Å²) < 4.78 is 48.0. The van der Waals surface area contributed by atoms with Crippen molar-refractivity contribution in [1.82, 2.24) is 14.1 Å². The Morgan fingerprint density at radius 2 is 1.78 bits per heavy atom. The number of fused-ring (bicyclic) bond motifs is 1. The summed E-state index contributed by atoms with van der Waals surface area (Å²) in [6.07, 6.45) is -0.515. The molecule has 0 spiro atoms. The monoisotopic (exact) mass is 531 g/mol. The average Bonchev–Trinajstić information content (AvgIpc) is 2.84. The molecule has 200 valence electrons. The number of halogens is 1. The van der Waals surface area contributed by atoms with E-state index in [0.717, 1.165) is 0 Å². The predicted octanol–water partition coefficient (Wildman–Crippen LogP) is 2.01. The molecule has 0 radical (unpaired) electrons. The third-order valence-electron chi connectivity index (χ3n) is 6.19. The Kier molecular flexibility index (Phi) is 9.31. The van der Waals surface area contributed by atoms with Gasteiger partial charge in [0, 0.05) is 36.7 Å². The predicted molar refractivity (Wildman–Crippen MR) is 139 cm³/mol. The first-order valence-electron chi connectivity index (χ1n) is 12.0. The molecule has 37 heavy (non-hydrogen) atoms. The van der Waals surface area contributed by atoms with Crippen LogP contribution in [0.1, 0.15) is 25.0 Å². The minimum Gasteiger partial charge on any atom is -0.487 e. The van der Waals surface area contributed by atoms with Crippen molar-refractivity contribution in [3.05, 3.63) is 59.4 Å². The lowest BCUT2D eigenvalue weighted by Crippen LogP contribution is -2.50. The molecule has 0 saturated heterocycles. The minimum absolute atomic E-state index is 0.0284. The topological polar surface area (TPSA) is 90.4 Å². The fraction of sp³-hybridized carbons (Fsp3) is 0.444. The molecule has 1 heterocycles. The number of aliphatic hydroxyl groups is 1. The first-order valence-corrected chi connectivity index (χ1v) is 13.5. The van der Waals surface area contributed by atoms with Gasteiger partial charge in [0.05, 0.1) is 19.7 Å². The van der Waals surface area contributed by atoms with Crippen LogP contribution in [0.15, 0.2) is 47.4 Å². The van der Waals surface area contributed by atoms with E-state index in [9.17, 15) is 22.7 Å². The second-order valence-corrected chi connectivity index (χ2v) is 11.5. The molecule has 0 fully saturated rings. The van der Waals surface area contributed by atoms with Gasteiger partial charge >= 0.3 is 0 Å². The SMILES string of the molecule is C[C@H]1CN([C@@H](C)CO)S(=O)(=O)c2ccc(C#Cc3ccc(F)cc3)cc2O[C@H]1CN(C)C(=O)CN(C)C. The molecule has 1 aliphatic rings. The molecular weight excluding hydrogens is 497 g/mol. The van der Waals surface area contributed by atoms with Crippen molar-refractivity contribution < 1.29 is 27.4 Å². The van der Waals surface area contributed by atoms with Crippen LogP contribution in [-0.4, -0.2) is 93.1 Å². The summed E-state index contributed by atoms with van der Waals surface area (Å²) in [5, 5.41) is 9.79. The normalized spacial score (nSPS) is 20.0. The Morgan fingerprint density at radius 1 is 1.16 bits per heavy atom. The van der Waals surface area contributed by atoms with E-state index in [1.165, 1.54) is 22.5 Å². The molecule has 1 amide bonds. The van der Waals surface area contributed by atoms with Crippen LogP contribution in [0.2, 0.25) is 0 Å². The van der Waals surface area contributed by atoms with Crippen LogP contribution in [0, 0.1) is 23.6 Å². The Hall–Kier alpha value is -2.97. The number of hydrogen-bond acceptors (Lipinski definition) is 6. The number of aliphatic hydroxyl groups excluding tert-OH is 1. The van der Waals surface area contributed by atoms with Gasteiger partial charge in [0.15, 0.2) is 0 Å². The summed E-state index contributed by atoms with van der Waals surface area (Å²) in [4.78, 5) is 15.9. The van der Waals surface area contributed by atoms with Crippen LogP contribution in [0.4, 0.5) is 4.39 Å². The van der Waals surface area contributed by atoms with Gasteiger partial charge in [0.2, 0.25) is 15.9 Å². The summed E-state index contributed by atoms with van der Waals surface area (Å²) >= 11 is 0. The zero-order valence-corrected chi connectivity index (χ0v) is 22.6. The van der Waals surface area contributed by atoms with Crippen LogP contribution in [-0.2, 0) is 14.8 Å². The molecule has 1 N–H and O–H groups in total. The number of ether oxygens (including phenoxy) is 1. The van der Waals surface area contributed by atoms with E-state index in [0.29, 0.717) is 11.1 Å². The maximum atomic E-state index is 13.6. The number of sulfonamides is 1. The van der Waals surface area contributed by atoms with E-state index in [1.807, 2.05) is 21.0 Å². The van der Waals surface area contributed by atoms with Gasteiger partial charge in [-0.1, -0.05) is 18.8 Å². The Labute approximate surface area is 218 Å². The standard InChI is InChI=1S/C27H34FN3O5S/c1-19-15-31(20(2)18-32)37(34,35)26-13-10-22(7-6-21-8-11-23(28)12-9-21)14-24(26)36-25(19)16-30(5)27(33)17-29(3)4/h8-14,19-20,25,32H,15-18H2,1-5H3/t19-,20-,25-/m0/s1. The van der Waals surface area contributed by atoms with Gasteiger partial charge < -0.3 is 19.6 Å². The molecule has 3 atom stereocenters. The Bertz CT molecular complexity index is 1270. The number of amides is 1. The van der Waals surface area contributed by atoms with E-state index < -0.39 is 22.2 Å². The second-order valence-electron chi connectivity index (χ2n) is 9.67. The van der Waals surface area contributed by atoms with E-state index in [-0.39, 0.29) is 54.5 Å². The molecule has 2 aromatic carbocycles. The van der Waals surface area contributed by atoms with E-state index in [4.69, 9.17) is 4.74 Å². The molecule has 8 nitrogen and oxygen atoms in total. The third kappa shape index (κ3) is 7.08. The number of benzene rings is 2. The van der Waals surface area contributed by atoms with Crippen LogP contribution in [0.3, 0.4) is 0 Å². The maximum absolute atomic E-state index is 13.6. The van der Waals surface area contributed by atoms with Gasteiger partial charge in [-0.15, -0.1) is 0 Å². The van der Waals surface area contributed by atoms with Gasteiger partial charge in [-0.25, -0.2) is 12.8 Å². The zero-order chi connectivity index (χ0) is 27.3. The second kappa shape index (κ2) is 12.0. The van der Waals surface area contributed by atoms with Crippen molar-refractivity contribution in [3.63, 3.8) is 0 Å². The molecule has 2 aromatic rings. The van der Waals surface area contributed by atoms with Crippen molar-refractivity contribution in [2.45, 2.75) is 30.9 Å². The van der Waals surface area contributed by atoms with Crippen molar-refractivity contribution >= 4 is 15.9 Å². The largest absolute Gasteiger partial charge is 0.487 e. The first kappa shape index (κ1) is 28.6. The van der Waals surface area contributed by atoms with E-state index in [2.05, 4.69) is 11.8 Å². The van der Waals surface area contributed by atoms with E-state index >= 15 is 0 Å². The zero-order valence-electron chi connectivity index (χ0n) is 21.8. The van der Waals surface area contributed by atoms with Gasteiger partial charge in [-0.2, -0.15) is 4.31 Å². The molecule has 0 saturated carbocycles. The van der Waals surface area contributed by atoms with Gasteiger partial charge in [-0.05, 0) is 63.5 Å². The molecule has 1 aliphatic heterocycles. The summed E-state index contributed by atoms with van der Waals surface area (Å²) in [6.45, 7) is 3.78. The van der Waals surface area contributed by atoms with Crippen LogP contribution in [0.5, 0.6) is 5.75 Å². The minimum atomic E-state index is -3.99. The maximum Gasteiger partial charge on any atom is 0.247 e. The van der Waals surface area contributed by atoms with Crippen LogP contribution >= 0.6 is 0 Å². The van der Waals surface area contributed by atoms with E-state index in [1.54, 1.807) is 48.0 Å². The number of hydrogen-bond donors (Lipinski definition) is 1. The van der Waals surface area contributed by atoms with Crippen molar-refractivity contribution in [2.75, 3.05) is 47.4 Å².